The van der Waals surface area contributed by atoms with Crippen LogP contribution >= 0.6 is 0 Å². The molecule has 0 saturated carbocycles. The smallest absolute Gasteiger partial charge is 0.253 e. The number of rotatable bonds is 3. The lowest BCUT2D eigenvalue weighted by Crippen LogP contribution is -2.39. The van der Waals surface area contributed by atoms with Crippen LogP contribution in [-0.2, 0) is 5.60 Å². The third-order valence-corrected chi connectivity index (χ3v) is 4.85. The highest BCUT2D eigenvalue weighted by Crippen LogP contribution is 2.28. The first-order valence-corrected chi connectivity index (χ1v) is 8.73. The van der Waals surface area contributed by atoms with Gasteiger partial charge in [0.05, 0.1) is 5.60 Å². The second-order valence-electron chi connectivity index (χ2n) is 7.25. The monoisotopic (exact) mass is 341 g/mol. The Morgan fingerprint density at radius 3 is 2.56 bits per heavy atom. The van der Waals surface area contributed by atoms with Gasteiger partial charge in [0.25, 0.3) is 5.91 Å². The Kier molecular flexibility index (Phi) is 4.91. The highest BCUT2D eigenvalue weighted by Gasteiger charge is 2.27. The van der Waals surface area contributed by atoms with Crippen molar-refractivity contribution >= 4 is 5.91 Å². The molecule has 132 valence electrons. The van der Waals surface area contributed by atoms with E-state index in [1.54, 1.807) is 11.0 Å². The summed E-state index contributed by atoms with van der Waals surface area (Å²) < 4.78 is 14.3. The van der Waals surface area contributed by atoms with Gasteiger partial charge in [-0.15, -0.1) is 0 Å². The van der Waals surface area contributed by atoms with E-state index in [1.165, 1.54) is 31.5 Å². The first kappa shape index (κ1) is 17.6. The van der Waals surface area contributed by atoms with Crippen molar-refractivity contribution < 1.29 is 14.3 Å². The summed E-state index contributed by atoms with van der Waals surface area (Å²) in [6.45, 7) is 4.40. The van der Waals surface area contributed by atoms with Gasteiger partial charge in [0, 0.05) is 30.1 Å². The van der Waals surface area contributed by atoms with Crippen molar-refractivity contribution in [3.05, 3.63) is 71.0 Å². The summed E-state index contributed by atoms with van der Waals surface area (Å²) >= 11 is 0. The fraction of sp³-hybridized carbons (Fsp3) is 0.381. The van der Waals surface area contributed by atoms with E-state index in [1.807, 2.05) is 18.2 Å². The van der Waals surface area contributed by atoms with Gasteiger partial charge in [-0.1, -0.05) is 36.4 Å². The van der Waals surface area contributed by atoms with E-state index in [4.69, 9.17) is 0 Å². The minimum Gasteiger partial charge on any atom is -0.386 e. The third-order valence-electron chi connectivity index (χ3n) is 4.85. The summed E-state index contributed by atoms with van der Waals surface area (Å²) in [6, 6.07) is 14.5. The number of hydrogen-bond donors (Lipinski definition) is 1. The molecule has 1 atom stereocenters. The van der Waals surface area contributed by atoms with Crippen molar-refractivity contribution in [2.75, 3.05) is 13.1 Å². The van der Waals surface area contributed by atoms with E-state index < -0.39 is 11.4 Å². The van der Waals surface area contributed by atoms with Crippen molar-refractivity contribution in [1.29, 1.82) is 0 Å². The Hall–Kier alpha value is -2.20. The van der Waals surface area contributed by atoms with E-state index in [9.17, 15) is 14.3 Å². The number of aliphatic hydroxyl groups is 1. The molecule has 1 unspecified atom stereocenters. The highest BCUT2D eigenvalue weighted by molar-refractivity contribution is 5.94. The number of nitrogens with zero attached hydrogens (tertiary/aromatic N) is 1. The number of benzene rings is 2. The fourth-order valence-corrected chi connectivity index (χ4v) is 3.49. The zero-order chi connectivity index (χ0) is 18.0. The van der Waals surface area contributed by atoms with Gasteiger partial charge in [-0.05, 0) is 44.4 Å². The van der Waals surface area contributed by atoms with Crippen LogP contribution in [0.25, 0.3) is 0 Å². The van der Waals surface area contributed by atoms with Gasteiger partial charge >= 0.3 is 0 Å². The van der Waals surface area contributed by atoms with Crippen molar-refractivity contribution in [2.24, 2.45) is 0 Å². The van der Waals surface area contributed by atoms with Gasteiger partial charge < -0.3 is 10.0 Å². The molecule has 2 aromatic rings. The van der Waals surface area contributed by atoms with Crippen LogP contribution in [0.2, 0.25) is 0 Å². The van der Waals surface area contributed by atoms with Gasteiger partial charge in [0.1, 0.15) is 5.82 Å². The predicted molar refractivity (Wildman–Crippen MR) is 96.0 cm³/mol. The number of amides is 1. The van der Waals surface area contributed by atoms with Gasteiger partial charge in [-0.3, -0.25) is 4.79 Å². The maximum absolute atomic E-state index is 14.3. The second kappa shape index (κ2) is 6.96. The van der Waals surface area contributed by atoms with Crippen LogP contribution in [0.3, 0.4) is 0 Å². The van der Waals surface area contributed by atoms with E-state index in [0.29, 0.717) is 24.6 Å². The minimum atomic E-state index is -1.27. The predicted octanol–water partition coefficient (Wildman–Crippen LogP) is 4.07. The molecule has 1 N–H and O–H groups in total. The van der Waals surface area contributed by atoms with Gasteiger partial charge in [0.2, 0.25) is 0 Å². The molecule has 1 fully saturated rings. The van der Waals surface area contributed by atoms with Crippen molar-refractivity contribution in [1.82, 2.24) is 4.90 Å². The molecule has 0 spiro atoms. The molecule has 0 radical (unpaired) electrons. The number of hydrogen-bond acceptors (Lipinski definition) is 2. The van der Waals surface area contributed by atoms with Crippen LogP contribution in [0.1, 0.15) is 54.1 Å². The zero-order valence-electron chi connectivity index (χ0n) is 14.7. The molecule has 0 aromatic heterocycles. The average Bonchev–Trinajstić information content (AvgIpc) is 2.61. The Balaban J connectivity index is 1.78. The van der Waals surface area contributed by atoms with Gasteiger partial charge in [0.15, 0.2) is 0 Å². The standard InChI is InChI=1S/C21H24FNO2/c1-21(2,25)18-11-10-16(13-19(18)22)20(24)23-12-6-9-17(14-23)15-7-4-3-5-8-15/h3-5,7-8,10-11,13,17,25H,6,9,12,14H2,1-2H3. The molecule has 25 heavy (non-hydrogen) atoms. The molecule has 2 aromatic carbocycles. The highest BCUT2D eigenvalue weighted by atomic mass is 19.1. The number of carbonyl (C=O) groups is 1. The molecular formula is C21H24FNO2. The number of likely N-dealkylation sites (tertiary alicyclic amines) is 1. The van der Waals surface area contributed by atoms with Crippen LogP contribution in [0.4, 0.5) is 4.39 Å². The second-order valence-corrected chi connectivity index (χ2v) is 7.25. The van der Waals surface area contributed by atoms with Gasteiger partial charge in [-0.25, -0.2) is 4.39 Å². The maximum atomic E-state index is 14.3. The molecule has 0 bridgehead atoms. The molecular weight excluding hydrogens is 317 g/mol. The first-order chi connectivity index (χ1) is 11.9. The molecule has 4 heteroatoms. The molecule has 0 aliphatic carbocycles. The van der Waals surface area contributed by atoms with Crippen LogP contribution in [0.5, 0.6) is 0 Å². The molecule has 3 nitrogen and oxygen atoms in total. The Morgan fingerprint density at radius 1 is 1.20 bits per heavy atom. The number of halogens is 1. The fourth-order valence-electron chi connectivity index (χ4n) is 3.49. The van der Waals surface area contributed by atoms with E-state index >= 15 is 0 Å². The molecule has 1 saturated heterocycles. The average molecular weight is 341 g/mol. The van der Waals surface area contributed by atoms with Crippen LogP contribution < -0.4 is 0 Å². The Morgan fingerprint density at radius 2 is 1.92 bits per heavy atom. The summed E-state index contributed by atoms with van der Waals surface area (Å²) in [5.74, 6) is -0.379. The summed E-state index contributed by atoms with van der Waals surface area (Å²) in [5, 5.41) is 9.97. The van der Waals surface area contributed by atoms with Crippen LogP contribution in [0.15, 0.2) is 48.5 Å². The first-order valence-electron chi connectivity index (χ1n) is 8.73. The van der Waals surface area contributed by atoms with Crippen molar-refractivity contribution in [3.63, 3.8) is 0 Å². The number of carbonyl (C=O) groups excluding carboxylic acids is 1. The molecule has 1 heterocycles. The van der Waals surface area contributed by atoms with Crippen LogP contribution in [0, 0.1) is 5.82 Å². The SMILES string of the molecule is CC(C)(O)c1ccc(C(=O)N2CCCC(c3ccccc3)C2)cc1F. The summed E-state index contributed by atoms with van der Waals surface area (Å²) in [7, 11) is 0. The zero-order valence-corrected chi connectivity index (χ0v) is 14.7. The summed E-state index contributed by atoms with van der Waals surface area (Å²) in [5.41, 5.74) is 0.502. The lowest BCUT2D eigenvalue weighted by Gasteiger charge is -2.33. The maximum Gasteiger partial charge on any atom is 0.253 e. The largest absolute Gasteiger partial charge is 0.386 e. The molecule has 1 amide bonds. The summed E-state index contributed by atoms with van der Waals surface area (Å²) in [4.78, 5) is 14.6. The number of piperidine rings is 1. The molecule has 1 aliphatic rings. The lowest BCUT2D eigenvalue weighted by molar-refractivity contribution is 0.0695. The van der Waals surface area contributed by atoms with Crippen molar-refractivity contribution in [2.45, 2.75) is 38.2 Å². The van der Waals surface area contributed by atoms with E-state index in [-0.39, 0.29) is 11.5 Å². The Bertz CT molecular complexity index is 752. The van der Waals surface area contributed by atoms with Crippen LogP contribution in [-0.4, -0.2) is 29.0 Å². The van der Waals surface area contributed by atoms with Crippen molar-refractivity contribution in [3.8, 4) is 0 Å². The normalized spacial score (nSPS) is 18.2. The third kappa shape index (κ3) is 3.90. The Labute approximate surface area is 148 Å². The van der Waals surface area contributed by atoms with E-state index in [2.05, 4.69) is 12.1 Å². The molecule has 1 aliphatic heterocycles. The van der Waals surface area contributed by atoms with Gasteiger partial charge in [-0.2, -0.15) is 0 Å². The van der Waals surface area contributed by atoms with E-state index in [0.717, 1.165) is 12.8 Å². The quantitative estimate of drug-likeness (QED) is 0.914. The minimum absolute atomic E-state index is 0.151. The summed E-state index contributed by atoms with van der Waals surface area (Å²) in [6.07, 6.45) is 2.00. The molecule has 3 rings (SSSR count). The lowest BCUT2D eigenvalue weighted by atomic mass is 9.90. The topological polar surface area (TPSA) is 40.5 Å².